The molecule has 0 radical (unpaired) electrons. The van der Waals surface area contributed by atoms with Crippen LogP contribution in [-0.2, 0) is 12.6 Å². The third-order valence-corrected chi connectivity index (χ3v) is 2.43. The van der Waals surface area contributed by atoms with Gasteiger partial charge in [0.05, 0.1) is 5.56 Å². The minimum Gasteiger partial charge on any atom is -0.330 e. The van der Waals surface area contributed by atoms with Gasteiger partial charge in [-0.25, -0.2) is 0 Å². The van der Waals surface area contributed by atoms with Gasteiger partial charge in [0.2, 0.25) is 0 Å². The van der Waals surface area contributed by atoms with Gasteiger partial charge in [0.15, 0.2) is 0 Å². The molecule has 1 aromatic rings. The van der Waals surface area contributed by atoms with E-state index in [2.05, 4.69) is 4.98 Å². The molecule has 0 spiro atoms. The number of hydrogen-bond donors (Lipinski definition) is 1. The van der Waals surface area contributed by atoms with Gasteiger partial charge in [0.1, 0.15) is 0 Å². The summed E-state index contributed by atoms with van der Waals surface area (Å²) in [5.41, 5.74) is 4.73. The van der Waals surface area contributed by atoms with Gasteiger partial charge in [-0.1, -0.05) is 13.8 Å². The molecule has 1 aromatic heterocycles. The van der Waals surface area contributed by atoms with Gasteiger partial charge in [-0.15, -0.1) is 0 Å². The van der Waals surface area contributed by atoms with E-state index in [0.717, 1.165) is 12.3 Å². The van der Waals surface area contributed by atoms with Gasteiger partial charge in [0, 0.05) is 12.4 Å². The second-order valence-electron chi connectivity index (χ2n) is 4.58. The van der Waals surface area contributed by atoms with E-state index in [1.165, 1.54) is 6.20 Å². The predicted octanol–water partition coefficient (Wildman–Crippen LogP) is 2.63. The molecule has 0 saturated heterocycles. The van der Waals surface area contributed by atoms with Crippen LogP contribution < -0.4 is 5.73 Å². The van der Waals surface area contributed by atoms with Gasteiger partial charge in [-0.2, -0.15) is 13.2 Å². The molecule has 0 atom stereocenters. The second kappa shape index (κ2) is 4.41. The van der Waals surface area contributed by atoms with Crippen LogP contribution in [0.5, 0.6) is 0 Å². The van der Waals surface area contributed by atoms with E-state index < -0.39 is 11.7 Å². The van der Waals surface area contributed by atoms with Crippen molar-refractivity contribution in [3.05, 3.63) is 29.6 Å². The van der Waals surface area contributed by atoms with E-state index in [0.29, 0.717) is 6.54 Å². The smallest absolute Gasteiger partial charge is 0.330 e. The Hall–Kier alpha value is -1.10. The Morgan fingerprint density at radius 3 is 2.44 bits per heavy atom. The van der Waals surface area contributed by atoms with Gasteiger partial charge in [-0.3, -0.25) is 4.98 Å². The van der Waals surface area contributed by atoms with E-state index in [9.17, 15) is 13.2 Å². The molecule has 90 valence electrons. The number of hydrogen-bond acceptors (Lipinski definition) is 2. The number of nitrogens with two attached hydrogens (primary N) is 1. The highest BCUT2D eigenvalue weighted by Gasteiger charge is 2.34. The van der Waals surface area contributed by atoms with Crippen molar-refractivity contribution in [1.82, 2.24) is 4.98 Å². The van der Waals surface area contributed by atoms with Crippen molar-refractivity contribution in [3.63, 3.8) is 0 Å². The monoisotopic (exact) mass is 232 g/mol. The quantitative estimate of drug-likeness (QED) is 0.870. The van der Waals surface area contributed by atoms with E-state index in [4.69, 9.17) is 5.73 Å². The fourth-order valence-electron chi connectivity index (χ4n) is 1.43. The summed E-state index contributed by atoms with van der Waals surface area (Å²) in [4.78, 5) is 3.74. The Kier molecular flexibility index (Phi) is 3.57. The average molecular weight is 232 g/mol. The number of pyridine rings is 1. The largest absolute Gasteiger partial charge is 0.416 e. The van der Waals surface area contributed by atoms with Crippen LogP contribution in [0.3, 0.4) is 0 Å². The molecule has 0 unspecified atom stereocenters. The highest BCUT2D eigenvalue weighted by molar-refractivity contribution is 5.27. The van der Waals surface area contributed by atoms with Crippen molar-refractivity contribution in [1.29, 1.82) is 0 Å². The Balaban J connectivity index is 3.06. The lowest BCUT2D eigenvalue weighted by Crippen LogP contribution is -2.27. The molecule has 2 nitrogen and oxygen atoms in total. The van der Waals surface area contributed by atoms with Crippen LogP contribution in [0.4, 0.5) is 13.2 Å². The molecule has 0 amide bonds. The van der Waals surface area contributed by atoms with Crippen molar-refractivity contribution >= 4 is 0 Å². The summed E-state index contributed by atoms with van der Waals surface area (Å²) in [6.07, 6.45) is -1.64. The minimum atomic E-state index is -4.33. The first kappa shape index (κ1) is 13.0. The van der Waals surface area contributed by atoms with Gasteiger partial charge >= 0.3 is 6.18 Å². The molecule has 0 aliphatic heterocycles. The Morgan fingerprint density at radius 2 is 1.94 bits per heavy atom. The number of alkyl halides is 3. The second-order valence-corrected chi connectivity index (χ2v) is 4.58. The summed E-state index contributed by atoms with van der Waals surface area (Å²) in [7, 11) is 0. The zero-order valence-corrected chi connectivity index (χ0v) is 9.30. The summed E-state index contributed by atoms with van der Waals surface area (Å²) in [5.74, 6) is 0. The lowest BCUT2D eigenvalue weighted by molar-refractivity contribution is -0.138. The summed E-state index contributed by atoms with van der Waals surface area (Å²) < 4.78 is 38.0. The summed E-state index contributed by atoms with van der Waals surface area (Å²) in [6.45, 7) is 4.00. The first-order valence-corrected chi connectivity index (χ1v) is 4.96. The van der Waals surface area contributed by atoms with Crippen LogP contribution in [0.25, 0.3) is 0 Å². The Morgan fingerprint density at radius 1 is 1.31 bits per heavy atom. The first-order valence-electron chi connectivity index (χ1n) is 4.96. The first-order chi connectivity index (χ1) is 7.26. The van der Waals surface area contributed by atoms with Crippen LogP contribution in [0, 0.1) is 5.41 Å². The Labute approximate surface area is 92.7 Å². The van der Waals surface area contributed by atoms with Crippen LogP contribution in [0.1, 0.15) is 25.0 Å². The van der Waals surface area contributed by atoms with Gasteiger partial charge < -0.3 is 5.73 Å². The molecular weight excluding hydrogens is 217 g/mol. The highest BCUT2D eigenvalue weighted by atomic mass is 19.4. The molecule has 1 heterocycles. The van der Waals surface area contributed by atoms with E-state index >= 15 is 0 Å². The fourth-order valence-corrected chi connectivity index (χ4v) is 1.43. The standard InChI is InChI=1S/C11H15F3N2/c1-10(2,7-15)5-8-6-16-4-3-9(8)11(12,13)14/h3-4,6H,5,7,15H2,1-2H3. The molecule has 0 bridgehead atoms. The summed E-state index contributed by atoms with van der Waals surface area (Å²) in [6, 6.07) is 1.00. The Bertz CT molecular complexity index is 358. The summed E-state index contributed by atoms with van der Waals surface area (Å²) >= 11 is 0. The third kappa shape index (κ3) is 3.20. The van der Waals surface area contributed by atoms with E-state index in [1.807, 2.05) is 13.8 Å². The predicted molar refractivity (Wildman–Crippen MR) is 55.8 cm³/mol. The molecular formula is C11H15F3N2. The van der Waals surface area contributed by atoms with E-state index in [-0.39, 0.29) is 17.4 Å². The third-order valence-electron chi connectivity index (χ3n) is 2.43. The topological polar surface area (TPSA) is 38.9 Å². The molecule has 0 aromatic carbocycles. The van der Waals surface area contributed by atoms with Crippen molar-refractivity contribution in [3.8, 4) is 0 Å². The lowest BCUT2D eigenvalue weighted by atomic mass is 9.85. The van der Waals surface area contributed by atoms with Crippen molar-refractivity contribution in [2.75, 3.05) is 6.54 Å². The van der Waals surface area contributed by atoms with Crippen molar-refractivity contribution < 1.29 is 13.2 Å². The molecule has 0 aliphatic rings. The molecule has 2 N–H and O–H groups in total. The SMILES string of the molecule is CC(C)(CN)Cc1cnccc1C(F)(F)F. The molecule has 0 fully saturated rings. The molecule has 0 saturated carbocycles. The average Bonchev–Trinajstić information content (AvgIpc) is 2.16. The molecule has 16 heavy (non-hydrogen) atoms. The maximum absolute atomic E-state index is 12.7. The number of halogens is 3. The van der Waals surface area contributed by atoms with E-state index in [1.54, 1.807) is 0 Å². The van der Waals surface area contributed by atoms with Crippen LogP contribution in [0.2, 0.25) is 0 Å². The van der Waals surface area contributed by atoms with Crippen LogP contribution in [-0.4, -0.2) is 11.5 Å². The van der Waals surface area contributed by atoms with Crippen molar-refractivity contribution in [2.45, 2.75) is 26.4 Å². The normalized spacial score (nSPS) is 12.9. The highest BCUT2D eigenvalue weighted by Crippen LogP contribution is 2.34. The zero-order chi connectivity index (χ0) is 12.4. The fraction of sp³-hybridized carbons (Fsp3) is 0.545. The molecule has 5 heteroatoms. The molecule has 0 aliphatic carbocycles. The maximum Gasteiger partial charge on any atom is 0.416 e. The minimum absolute atomic E-state index is 0.199. The maximum atomic E-state index is 12.7. The van der Waals surface area contributed by atoms with Gasteiger partial charge in [-0.05, 0) is 30.0 Å². The summed E-state index contributed by atoms with van der Waals surface area (Å²) in [5, 5.41) is 0. The van der Waals surface area contributed by atoms with Gasteiger partial charge in [0.25, 0.3) is 0 Å². The lowest BCUT2D eigenvalue weighted by Gasteiger charge is -2.24. The molecule has 1 rings (SSSR count). The van der Waals surface area contributed by atoms with Crippen LogP contribution in [0.15, 0.2) is 18.5 Å². The van der Waals surface area contributed by atoms with Crippen LogP contribution >= 0.6 is 0 Å². The number of aromatic nitrogens is 1. The van der Waals surface area contributed by atoms with Crippen molar-refractivity contribution in [2.24, 2.45) is 11.1 Å². The number of rotatable bonds is 3. The number of nitrogens with zero attached hydrogens (tertiary/aromatic N) is 1. The zero-order valence-electron chi connectivity index (χ0n) is 9.30.